The Morgan fingerprint density at radius 3 is 0.872 bits per heavy atom. The number of hydrogen-bond donors (Lipinski definition) is 3. The largest absolute Gasteiger partial charge is 0.472 e. The molecular formula is C59H114O17P2. The SMILES string of the molecule is CCCCCCCCCCC(=O)O[C@H](COC(=O)CCCCCCC)COP(=O)(O)OC[C@H](O)COP(=O)(O)OC[C@@H](COC(=O)CCCCCCCCCCC(C)C)OC(=O)CCCCCCCCCCCCCC(C)C. The molecule has 0 aromatic carbocycles. The fourth-order valence-corrected chi connectivity index (χ4v) is 10.2. The zero-order valence-electron chi connectivity index (χ0n) is 50.0. The molecule has 0 aliphatic heterocycles. The number of carbonyl (C=O) groups excluding carboxylic acids is 4. The molecule has 78 heavy (non-hydrogen) atoms. The number of phosphoric acid groups is 2. The van der Waals surface area contributed by atoms with Gasteiger partial charge in [0.2, 0.25) is 0 Å². The number of aliphatic hydroxyl groups is 1. The highest BCUT2D eigenvalue weighted by atomic mass is 31.2. The molecular weight excluding hydrogens is 1040 g/mol. The Bertz CT molecular complexity index is 1550. The first kappa shape index (κ1) is 76.1. The Kier molecular flexibility index (Phi) is 50.6. The molecule has 0 aromatic rings. The highest BCUT2D eigenvalue weighted by molar-refractivity contribution is 7.47. The molecule has 0 fully saturated rings. The highest BCUT2D eigenvalue weighted by Gasteiger charge is 2.30. The third kappa shape index (κ3) is 53.4. The summed E-state index contributed by atoms with van der Waals surface area (Å²) < 4.78 is 67.5. The number of esters is 4. The van der Waals surface area contributed by atoms with Gasteiger partial charge in [0.05, 0.1) is 26.4 Å². The number of carbonyl (C=O) groups is 4. The van der Waals surface area contributed by atoms with Gasteiger partial charge in [0.15, 0.2) is 12.2 Å². The summed E-state index contributed by atoms with van der Waals surface area (Å²) in [6, 6.07) is 0. The number of phosphoric ester groups is 2. The minimum Gasteiger partial charge on any atom is -0.462 e. The van der Waals surface area contributed by atoms with Gasteiger partial charge in [-0.05, 0) is 37.5 Å². The molecule has 5 atom stereocenters. The van der Waals surface area contributed by atoms with E-state index < -0.39 is 97.5 Å². The third-order valence-corrected chi connectivity index (χ3v) is 15.4. The van der Waals surface area contributed by atoms with Gasteiger partial charge in [0, 0.05) is 25.7 Å². The maximum atomic E-state index is 12.9. The molecule has 462 valence electrons. The average molecular weight is 1160 g/mol. The van der Waals surface area contributed by atoms with Crippen LogP contribution in [0.5, 0.6) is 0 Å². The summed E-state index contributed by atoms with van der Waals surface area (Å²) in [5.74, 6) is -0.663. The molecule has 0 spiro atoms. The van der Waals surface area contributed by atoms with Crippen LogP contribution in [0.25, 0.3) is 0 Å². The van der Waals surface area contributed by atoms with E-state index in [1.807, 2.05) is 0 Å². The van der Waals surface area contributed by atoms with Gasteiger partial charge in [-0.3, -0.25) is 37.3 Å². The predicted molar refractivity (Wildman–Crippen MR) is 308 cm³/mol. The molecule has 3 N–H and O–H groups in total. The van der Waals surface area contributed by atoms with Crippen LogP contribution < -0.4 is 0 Å². The Morgan fingerprint density at radius 2 is 0.590 bits per heavy atom. The Balaban J connectivity index is 5.18. The number of unbranched alkanes of at least 4 members (excludes halogenated alkanes) is 28. The van der Waals surface area contributed by atoms with Crippen molar-refractivity contribution in [1.29, 1.82) is 0 Å². The van der Waals surface area contributed by atoms with Crippen molar-refractivity contribution in [3.63, 3.8) is 0 Å². The lowest BCUT2D eigenvalue weighted by atomic mass is 10.0. The van der Waals surface area contributed by atoms with E-state index in [4.69, 9.17) is 37.0 Å². The summed E-state index contributed by atoms with van der Waals surface area (Å²) in [6.45, 7) is 9.30. The van der Waals surface area contributed by atoms with Crippen LogP contribution in [0.2, 0.25) is 0 Å². The molecule has 0 rings (SSSR count). The number of aliphatic hydroxyl groups excluding tert-OH is 1. The third-order valence-electron chi connectivity index (χ3n) is 13.5. The maximum absolute atomic E-state index is 12.9. The predicted octanol–water partition coefficient (Wildman–Crippen LogP) is 15.7. The number of hydrogen-bond acceptors (Lipinski definition) is 15. The van der Waals surface area contributed by atoms with Gasteiger partial charge in [-0.25, -0.2) is 9.13 Å². The second-order valence-electron chi connectivity index (χ2n) is 22.3. The monoisotopic (exact) mass is 1160 g/mol. The minimum absolute atomic E-state index is 0.104. The van der Waals surface area contributed by atoms with E-state index in [1.165, 1.54) is 89.9 Å². The normalized spacial score (nSPS) is 14.4. The summed E-state index contributed by atoms with van der Waals surface area (Å²) in [5, 5.41) is 10.5. The van der Waals surface area contributed by atoms with Crippen molar-refractivity contribution < 1.29 is 80.2 Å². The first-order valence-electron chi connectivity index (χ1n) is 31.0. The molecule has 0 heterocycles. The van der Waals surface area contributed by atoms with Gasteiger partial charge >= 0.3 is 39.5 Å². The first-order valence-corrected chi connectivity index (χ1v) is 34.0. The Labute approximate surface area is 473 Å². The van der Waals surface area contributed by atoms with Crippen molar-refractivity contribution in [3.05, 3.63) is 0 Å². The van der Waals surface area contributed by atoms with Crippen LogP contribution in [0.1, 0.15) is 286 Å². The van der Waals surface area contributed by atoms with E-state index in [2.05, 4.69) is 41.5 Å². The van der Waals surface area contributed by atoms with Gasteiger partial charge in [0.25, 0.3) is 0 Å². The summed E-state index contributed by atoms with van der Waals surface area (Å²) in [4.78, 5) is 71.6. The fraction of sp³-hybridized carbons (Fsp3) is 0.932. The molecule has 2 unspecified atom stereocenters. The molecule has 0 saturated carbocycles. The lowest BCUT2D eigenvalue weighted by Gasteiger charge is -2.21. The fourth-order valence-electron chi connectivity index (χ4n) is 8.65. The Hall–Kier alpha value is -1.94. The summed E-state index contributed by atoms with van der Waals surface area (Å²) >= 11 is 0. The van der Waals surface area contributed by atoms with E-state index in [0.29, 0.717) is 25.7 Å². The molecule has 19 heteroatoms. The van der Waals surface area contributed by atoms with Crippen molar-refractivity contribution in [2.24, 2.45) is 11.8 Å². The summed E-state index contributed by atoms with van der Waals surface area (Å²) in [5.41, 5.74) is 0. The molecule has 0 radical (unpaired) electrons. The minimum atomic E-state index is -4.94. The maximum Gasteiger partial charge on any atom is 0.472 e. The van der Waals surface area contributed by atoms with Crippen LogP contribution in [-0.4, -0.2) is 96.7 Å². The molecule has 0 aliphatic carbocycles. The lowest BCUT2D eigenvalue weighted by molar-refractivity contribution is -0.161. The van der Waals surface area contributed by atoms with Crippen LogP contribution in [0.3, 0.4) is 0 Å². The summed E-state index contributed by atoms with van der Waals surface area (Å²) in [7, 11) is -9.87. The van der Waals surface area contributed by atoms with Crippen molar-refractivity contribution in [3.8, 4) is 0 Å². The van der Waals surface area contributed by atoms with E-state index in [0.717, 1.165) is 115 Å². The van der Waals surface area contributed by atoms with Crippen LogP contribution in [0.15, 0.2) is 0 Å². The molecule has 0 amide bonds. The molecule has 0 bridgehead atoms. The van der Waals surface area contributed by atoms with Crippen LogP contribution in [-0.2, 0) is 65.4 Å². The molecule has 17 nitrogen and oxygen atoms in total. The van der Waals surface area contributed by atoms with E-state index >= 15 is 0 Å². The standard InChI is InChI=1S/C59H114O17P2/c1-7-9-11-13-14-24-31-37-43-58(63)75-54(47-69-56(61)41-35-27-12-10-8-2)49-73-77(65,66)71-45-53(60)46-72-78(67,68)74-50-55(48-70-57(62)42-36-30-25-21-20-23-29-34-40-52(5)6)76-59(64)44-38-32-26-19-17-15-16-18-22-28-33-39-51(3)4/h51-55,60H,7-50H2,1-6H3,(H,65,66)(H,67,68)/t53-,54+,55+/m0/s1. The topological polar surface area (TPSA) is 237 Å². The van der Waals surface area contributed by atoms with Crippen molar-refractivity contribution in [2.45, 2.75) is 304 Å². The highest BCUT2D eigenvalue weighted by Crippen LogP contribution is 2.45. The smallest absolute Gasteiger partial charge is 0.462 e. The van der Waals surface area contributed by atoms with E-state index in [1.54, 1.807) is 0 Å². The zero-order valence-corrected chi connectivity index (χ0v) is 51.7. The van der Waals surface area contributed by atoms with Gasteiger partial charge < -0.3 is 33.8 Å². The van der Waals surface area contributed by atoms with Gasteiger partial charge in [0.1, 0.15) is 19.3 Å². The van der Waals surface area contributed by atoms with Crippen molar-refractivity contribution in [2.75, 3.05) is 39.6 Å². The van der Waals surface area contributed by atoms with Crippen LogP contribution in [0, 0.1) is 11.8 Å². The van der Waals surface area contributed by atoms with Crippen LogP contribution in [0.4, 0.5) is 0 Å². The lowest BCUT2D eigenvalue weighted by Crippen LogP contribution is -2.30. The molecule has 0 saturated heterocycles. The van der Waals surface area contributed by atoms with Crippen molar-refractivity contribution >= 4 is 39.5 Å². The molecule has 0 aliphatic rings. The van der Waals surface area contributed by atoms with E-state index in [-0.39, 0.29) is 25.7 Å². The van der Waals surface area contributed by atoms with E-state index in [9.17, 15) is 43.2 Å². The quantitative estimate of drug-likeness (QED) is 0.0222. The van der Waals surface area contributed by atoms with Gasteiger partial charge in [-0.15, -0.1) is 0 Å². The number of rotatable bonds is 58. The first-order chi connectivity index (χ1) is 37.4. The van der Waals surface area contributed by atoms with Crippen LogP contribution >= 0.6 is 15.6 Å². The average Bonchev–Trinajstić information content (AvgIpc) is 3.39. The molecule has 0 aromatic heterocycles. The second-order valence-corrected chi connectivity index (χ2v) is 25.2. The van der Waals surface area contributed by atoms with Gasteiger partial charge in [-0.1, -0.05) is 234 Å². The second kappa shape index (κ2) is 51.9. The van der Waals surface area contributed by atoms with Crippen molar-refractivity contribution in [1.82, 2.24) is 0 Å². The summed E-state index contributed by atoms with van der Waals surface area (Å²) in [6.07, 6.45) is 32.5. The van der Waals surface area contributed by atoms with Gasteiger partial charge in [-0.2, -0.15) is 0 Å². The zero-order chi connectivity index (χ0) is 58.0. The Morgan fingerprint density at radius 1 is 0.346 bits per heavy atom. The number of ether oxygens (including phenoxy) is 4.